The highest BCUT2D eigenvalue weighted by atomic mass is 35.5. The lowest BCUT2D eigenvalue weighted by Crippen LogP contribution is -2.44. The number of amides is 2. The third kappa shape index (κ3) is 6.40. The monoisotopic (exact) mass is 662 g/mol. The predicted molar refractivity (Wildman–Crippen MR) is 186 cm³/mol. The number of aromatic nitrogens is 2. The molecule has 2 atom stereocenters. The highest BCUT2D eigenvalue weighted by Gasteiger charge is 2.52. The van der Waals surface area contributed by atoms with Crippen LogP contribution in [0.3, 0.4) is 0 Å². The fraction of sp³-hybridized carbons (Fsp3) is 0.211. The molecule has 48 heavy (non-hydrogen) atoms. The van der Waals surface area contributed by atoms with E-state index in [2.05, 4.69) is 5.10 Å². The molecule has 6 rings (SSSR count). The van der Waals surface area contributed by atoms with E-state index in [4.69, 9.17) is 11.6 Å². The van der Waals surface area contributed by atoms with Gasteiger partial charge in [0, 0.05) is 41.4 Å². The van der Waals surface area contributed by atoms with Crippen LogP contribution >= 0.6 is 11.6 Å². The highest BCUT2D eigenvalue weighted by molar-refractivity contribution is 6.31. The zero-order chi connectivity index (χ0) is 33.8. The number of carbonyl (C=O) groups is 2. The Labute approximate surface area is 282 Å². The largest absolute Gasteiger partial charge is 0.395 e. The Hall–Kier alpha value is -5.09. The summed E-state index contributed by atoms with van der Waals surface area (Å²) in [7, 11) is 0. The SMILES string of the molecule is C[C@@H](/C=C/CC(=O)N(CCO)Cc1ccccc1)[C@]1(O)C(=O)N(Cc2cccc(-n3ncc4ccccc4c3=O)c2)c2ccc(Cl)cc21. The summed E-state index contributed by atoms with van der Waals surface area (Å²) < 4.78 is 1.33. The number of anilines is 1. The molecular weight excluding hydrogens is 628 g/mol. The first-order valence-electron chi connectivity index (χ1n) is 15.7. The number of benzene rings is 4. The molecule has 5 aromatic rings. The van der Waals surface area contributed by atoms with Gasteiger partial charge >= 0.3 is 0 Å². The summed E-state index contributed by atoms with van der Waals surface area (Å²) in [6, 6.07) is 29.0. The topological polar surface area (TPSA) is 116 Å². The van der Waals surface area contributed by atoms with Gasteiger partial charge in [-0.25, -0.2) is 0 Å². The zero-order valence-electron chi connectivity index (χ0n) is 26.4. The van der Waals surface area contributed by atoms with Gasteiger partial charge in [-0.1, -0.05) is 91.3 Å². The van der Waals surface area contributed by atoms with Gasteiger partial charge in [0.1, 0.15) is 0 Å². The molecule has 244 valence electrons. The molecule has 0 saturated heterocycles. The molecule has 2 amide bonds. The minimum Gasteiger partial charge on any atom is -0.395 e. The van der Waals surface area contributed by atoms with Crippen molar-refractivity contribution in [3.05, 3.63) is 147 Å². The second-order valence-electron chi connectivity index (χ2n) is 11.9. The Kier molecular flexibility index (Phi) is 9.54. The highest BCUT2D eigenvalue weighted by Crippen LogP contribution is 2.46. The van der Waals surface area contributed by atoms with E-state index in [9.17, 15) is 24.6 Å². The first kappa shape index (κ1) is 32.8. The van der Waals surface area contributed by atoms with Gasteiger partial charge in [0.2, 0.25) is 5.91 Å². The maximum atomic E-state index is 14.1. The number of aliphatic hydroxyl groups is 2. The third-order valence-corrected chi connectivity index (χ3v) is 8.97. The lowest BCUT2D eigenvalue weighted by Gasteiger charge is -2.28. The summed E-state index contributed by atoms with van der Waals surface area (Å²) in [5, 5.41) is 27.7. The quantitative estimate of drug-likeness (QED) is 0.184. The fourth-order valence-corrected chi connectivity index (χ4v) is 6.35. The molecule has 10 heteroatoms. The molecular formula is C38H35ClN4O5. The van der Waals surface area contributed by atoms with Crippen molar-refractivity contribution in [2.24, 2.45) is 5.92 Å². The van der Waals surface area contributed by atoms with Crippen LogP contribution in [0.25, 0.3) is 16.5 Å². The summed E-state index contributed by atoms with van der Waals surface area (Å²) >= 11 is 6.36. The predicted octanol–water partition coefficient (Wildman–Crippen LogP) is 5.38. The van der Waals surface area contributed by atoms with Crippen molar-refractivity contribution in [1.82, 2.24) is 14.7 Å². The van der Waals surface area contributed by atoms with Crippen molar-refractivity contribution in [1.29, 1.82) is 0 Å². The first-order valence-corrected chi connectivity index (χ1v) is 16.1. The van der Waals surface area contributed by atoms with Gasteiger partial charge in [0.15, 0.2) is 5.60 Å². The van der Waals surface area contributed by atoms with Crippen LogP contribution in [0.4, 0.5) is 5.69 Å². The lowest BCUT2D eigenvalue weighted by molar-refractivity contribution is -0.139. The molecule has 0 bridgehead atoms. The normalized spacial score (nSPS) is 16.4. The van der Waals surface area contributed by atoms with Gasteiger partial charge in [-0.2, -0.15) is 9.78 Å². The van der Waals surface area contributed by atoms with Crippen molar-refractivity contribution in [3.8, 4) is 5.69 Å². The molecule has 1 aromatic heterocycles. The summed E-state index contributed by atoms with van der Waals surface area (Å²) in [6.07, 6.45) is 4.99. The zero-order valence-corrected chi connectivity index (χ0v) is 27.1. The second kappa shape index (κ2) is 13.9. The van der Waals surface area contributed by atoms with Crippen molar-refractivity contribution in [2.75, 3.05) is 18.1 Å². The van der Waals surface area contributed by atoms with Crippen LogP contribution in [0, 0.1) is 5.92 Å². The van der Waals surface area contributed by atoms with Gasteiger partial charge in [-0.15, -0.1) is 0 Å². The molecule has 0 aliphatic carbocycles. The lowest BCUT2D eigenvalue weighted by atomic mass is 9.83. The van der Waals surface area contributed by atoms with Crippen LogP contribution in [0.2, 0.25) is 5.02 Å². The minimum absolute atomic E-state index is 0.0303. The minimum atomic E-state index is -1.94. The molecule has 1 aliphatic rings. The van der Waals surface area contributed by atoms with Crippen molar-refractivity contribution < 1.29 is 19.8 Å². The van der Waals surface area contributed by atoms with Gasteiger partial charge in [-0.05, 0) is 47.5 Å². The number of halogens is 1. The Morgan fingerprint density at radius 1 is 0.979 bits per heavy atom. The van der Waals surface area contributed by atoms with Crippen LogP contribution in [0.1, 0.15) is 30.0 Å². The van der Waals surface area contributed by atoms with Gasteiger partial charge < -0.3 is 20.0 Å². The first-order chi connectivity index (χ1) is 23.2. The van der Waals surface area contributed by atoms with Crippen molar-refractivity contribution in [2.45, 2.75) is 32.0 Å². The summed E-state index contributed by atoms with van der Waals surface area (Å²) in [4.78, 5) is 43.5. The molecule has 0 unspecified atom stereocenters. The van der Waals surface area contributed by atoms with E-state index in [0.717, 1.165) is 16.5 Å². The van der Waals surface area contributed by atoms with Crippen molar-refractivity contribution >= 4 is 39.9 Å². The van der Waals surface area contributed by atoms with E-state index in [1.807, 2.05) is 48.5 Å². The Bertz CT molecular complexity index is 2060. The number of fused-ring (bicyclic) bond motifs is 2. The van der Waals surface area contributed by atoms with Gasteiger partial charge in [0.25, 0.3) is 11.5 Å². The maximum absolute atomic E-state index is 14.1. The Balaban J connectivity index is 1.23. The van der Waals surface area contributed by atoms with Crippen LogP contribution < -0.4 is 10.5 Å². The van der Waals surface area contributed by atoms with Crippen molar-refractivity contribution in [3.63, 3.8) is 0 Å². The van der Waals surface area contributed by atoms with E-state index >= 15 is 0 Å². The van der Waals surface area contributed by atoms with E-state index < -0.39 is 17.4 Å². The summed E-state index contributed by atoms with van der Waals surface area (Å²) in [6.45, 7) is 2.23. The summed E-state index contributed by atoms with van der Waals surface area (Å²) in [5.41, 5.74) is 0.916. The third-order valence-electron chi connectivity index (χ3n) is 8.74. The average Bonchev–Trinajstić information content (AvgIpc) is 3.30. The number of carbonyl (C=O) groups excluding carboxylic acids is 2. The Morgan fingerprint density at radius 3 is 2.52 bits per heavy atom. The molecule has 0 spiro atoms. The van der Waals surface area contributed by atoms with E-state index in [1.54, 1.807) is 78.7 Å². The molecule has 0 radical (unpaired) electrons. The maximum Gasteiger partial charge on any atom is 0.279 e. The number of rotatable bonds is 11. The van der Waals surface area contributed by atoms with E-state index in [-0.39, 0.29) is 37.6 Å². The number of hydrogen-bond acceptors (Lipinski definition) is 6. The number of nitrogens with zero attached hydrogens (tertiary/aromatic N) is 4. The molecule has 2 N–H and O–H groups in total. The molecule has 9 nitrogen and oxygen atoms in total. The molecule has 0 saturated carbocycles. The number of hydrogen-bond donors (Lipinski definition) is 2. The number of aliphatic hydroxyl groups excluding tert-OH is 1. The summed E-state index contributed by atoms with van der Waals surface area (Å²) in [5.74, 6) is -1.43. The molecule has 4 aromatic carbocycles. The van der Waals surface area contributed by atoms with Gasteiger partial charge in [0.05, 0.1) is 36.1 Å². The second-order valence-corrected chi connectivity index (χ2v) is 12.3. The average molecular weight is 663 g/mol. The molecule has 1 aliphatic heterocycles. The van der Waals surface area contributed by atoms with Crippen LogP contribution in [-0.2, 0) is 28.3 Å². The Morgan fingerprint density at radius 2 is 1.73 bits per heavy atom. The fourth-order valence-electron chi connectivity index (χ4n) is 6.18. The van der Waals surface area contributed by atoms with Crippen LogP contribution in [-0.4, -0.2) is 49.9 Å². The van der Waals surface area contributed by atoms with Crippen LogP contribution in [0.5, 0.6) is 0 Å². The standard InChI is InChI=1S/C38H35ClN4O5/c1-26(9-7-16-35(45)41(19-20-44)24-27-10-3-2-4-11-27)38(48)33-22-30(39)17-18-34(33)42(37(38)47)25-28-12-8-14-31(21-28)43-36(46)32-15-6-5-13-29(32)23-40-43/h2-15,17-18,21-23,26,44,48H,16,19-20,24-25H2,1H3/b9-7+/t26-,38+/m0/s1. The smallest absolute Gasteiger partial charge is 0.279 e. The van der Waals surface area contributed by atoms with Gasteiger partial charge in [-0.3, -0.25) is 14.4 Å². The van der Waals surface area contributed by atoms with E-state index in [1.165, 1.54) is 9.58 Å². The molecule has 0 fully saturated rings. The molecule has 2 heterocycles. The van der Waals surface area contributed by atoms with Crippen LogP contribution in [0.15, 0.2) is 120 Å². The van der Waals surface area contributed by atoms with E-state index in [0.29, 0.717) is 33.9 Å².